The lowest BCUT2D eigenvalue weighted by Crippen LogP contribution is -2.53. The van der Waals surface area contributed by atoms with E-state index in [2.05, 4.69) is 4.90 Å². The molecule has 2 fully saturated rings. The van der Waals surface area contributed by atoms with Gasteiger partial charge >= 0.3 is 0 Å². The van der Waals surface area contributed by atoms with Gasteiger partial charge in [-0.3, -0.25) is 19.5 Å². The van der Waals surface area contributed by atoms with E-state index in [9.17, 15) is 9.90 Å². The van der Waals surface area contributed by atoms with Crippen LogP contribution in [0.4, 0.5) is 5.88 Å². The van der Waals surface area contributed by atoms with E-state index in [1.807, 2.05) is 24.0 Å². The highest BCUT2D eigenvalue weighted by atomic mass is 16.5. The van der Waals surface area contributed by atoms with Gasteiger partial charge in [0.25, 0.3) is 0 Å². The van der Waals surface area contributed by atoms with Crippen LogP contribution in [0.3, 0.4) is 0 Å². The molecule has 7 heteroatoms. The van der Waals surface area contributed by atoms with Crippen molar-refractivity contribution >= 4 is 11.8 Å². The minimum Gasteiger partial charge on any atom is -0.445 e. The molecule has 0 saturated carbocycles. The molecule has 1 unspecified atom stereocenters. The third-order valence-electron chi connectivity index (χ3n) is 4.33. The Morgan fingerprint density at radius 1 is 1.13 bits per heavy atom. The molecular weight excluding hydrogens is 298 g/mol. The number of amides is 1. The fourth-order valence-electron chi connectivity index (χ4n) is 3.12. The van der Waals surface area contributed by atoms with Crippen molar-refractivity contribution in [2.24, 2.45) is 0 Å². The Morgan fingerprint density at radius 3 is 2.52 bits per heavy atom. The van der Waals surface area contributed by atoms with Crippen molar-refractivity contribution in [2.45, 2.75) is 13.0 Å². The van der Waals surface area contributed by atoms with Crippen LogP contribution in [0.1, 0.15) is 5.76 Å². The molecule has 1 amide bonds. The normalized spacial score (nSPS) is 22.5. The van der Waals surface area contributed by atoms with E-state index < -0.39 is 6.10 Å². The molecule has 2 aliphatic rings. The Balaban J connectivity index is 1.46. The van der Waals surface area contributed by atoms with Crippen LogP contribution in [-0.2, 0) is 9.53 Å². The van der Waals surface area contributed by atoms with Crippen molar-refractivity contribution in [1.29, 1.82) is 0 Å². The zero-order valence-corrected chi connectivity index (χ0v) is 13.6. The second kappa shape index (κ2) is 7.44. The number of aliphatic hydroxyl groups is 1. The molecule has 0 aromatic carbocycles. The number of anilines is 1. The molecule has 1 aromatic rings. The molecule has 2 aliphatic heterocycles. The molecule has 3 heterocycles. The first-order chi connectivity index (χ1) is 11.1. The molecular formula is C16H25N3O4. The minimum atomic E-state index is -0.446. The maximum Gasteiger partial charge on any atom is 0.243 e. The molecule has 1 atom stereocenters. The van der Waals surface area contributed by atoms with Gasteiger partial charge in [-0.25, -0.2) is 0 Å². The molecule has 0 radical (unpaired) electrons. The summed E-state index contributed by atoms with van der Waals surface area (Å²) < 4.78 is 10.8. The van der Waals surface area contributed by atoms with Crippen LogP contribution in [0, 0.1) is 6.92 Å². The molecule has 0 spiro atoms. The van der Waals surface area contributed by atoms with Gasteiger partial charge in [0.15, 0.2) is 0 Å². The minimum absolute atomic E-state index is 0.0178. The van der Waals surface area contributed by atoms with E-state index in [-0.39, 0.29) is 5.91 Å². The largest absolute Gasteiger partial charge is 0.445 e. The van der Waals surface area contributed by atoms with Gasteiger partial charge < -0.3 is 14.3 Å². The van der Waals surface area contributed by atoms with Gasteiger partial charge in [0.1, 0.15) is 5.76 Å². The molecule has 3 rings (SSSR count). The second-order valence-electron chi connectivity index (χ2n) is 6.23. The first-order valence-corrected chi connectivity index (χ1v) is 8.19. The predicted octanol–water partition coefficient (Wildman–Crippen LogP) is -0.0703. The number of rotatable bonds is 5. The fraction of sp³-hybridized carbons (Fsp3) is 0.688. The monoisotopic (exact) mass is 323 g/mol. The zero-order chi connectivity index (χ0) is 16.2. The van der Waals surface area contributed by atoms with Gasteiger partial charge in [0, 0.05) is 45.3 Å². The van der Waals surface area contributed by atoms with E-state index in [1.54, 1.807) is 4.90 Å². The van der Waals surface area contributed by atoms with Crippen molar-refractivity contribution in [3.8, 4) is 0 Å². The molecule has 23 heavy (non-hydrogen) atoms. The van der Waals surface area contributed by atoms with Gasteiger partial charge in [0.2, 0.25) is 11.8 Å². The van der Waals surface area contributed by atoms with Gasteiger partial charge in [-0.1, -0.05) is 0 Å². The number of hydrogen-bond acceptors (Lipinski definition) is 6. The number of aliphatic hydroxyl groups excluding tert-OH is 1. The predicted molar refractivity (Wildman–Crippen MR) is 85.5 cm³/mol. The molecule has 2 saturated heterocycles. The number of morpholine rings is 1. The van der Waals surface area contributed by atoms with E-state index in [1.165, 1.54) is 0 Å². The van der Waals surface area contributed by atoms with Gasteiger partial charge in [-0.2, -0.15) is 0 Å². The van der Waals surface area contributed by atoms with Crippen LogP contribution in [-0.4, -0.2) is 85.9 Å². The first-order valence-electron chi connectivity index (χ1n) is 8.19. The van der Waals surface area contributed by atoms with Crippen molar-refractivity contribution in [1.82, 2.24) is 9.80 Å². The van der Waals surface area contributed by atoms with Crippen LogP contribution in [0.2, 0.25) is 0 Å². The van der Waals surface area contributed by atoms with Gasteiger partial charge in [0.05, 0.1) is 25.9 Å². The third-order valence-corrected chi connectivity index (χ3v) is 4.33. The van der Waals surface area contributed by atoms with Crippen LogP contribution >= 0.6 is 0 Å². The molecule has 0 bridgehead atoms. The maximum absolute atomic E-state index is 12.3. The molecule has 1 aromatic heterocycles. The quantitative estimate of drug-likeness (QED) is 0.818. The van der Waals surface area contributed by atoms with Crippen molar-refractivity contribution < 1.29 is 19.1 Å². The highest BCUT2D eigenvalue weighted by molar-refractivity contribution is 5.94. The smallest absolute Gasteiger partial charge is 0.243 e. The second-order valence-corrected chi connectivity index (χ2v) is 6.23. The summed E-state index contributed by atoms with van der Waals surface area (Å²) in [4.78, 5) is 18.2. The lowest BCUT2D eigenvalue weighted by molar-refractivity contribution is -0.121. The highest BCUT2D eigenvalue weighted by Crippen LogP contribution is 2.20. The number of carbonyl (C=O) groups excluding carboxylic acids is 1. The third kappa shape index (κ3) is 4.32. The van der Waals surface area contributed by atoms with Gasteiger partial charge in [-0.05, 0) is 13.0 Å². The Labute approximate surface area is 136 Å². The Morgan fingerprint density at radius 2 is 1.87 bits per heavy atom. The number of ether oxygens (including phenoxy) is 1. The van der Waals surface area contributed by atoms with Crippen molar-refractivity contribution in [3.63, 3.8) is 0 Å². The van der Waals surface area contributed by atoms with Crippen molar-refractivity contribution in [3.05, 3.63) is 17.9 Å². The standard InChI is InChI=1S/C16H25N3O4/c1-13-2-3-16(23-13)19-5-4-18(12-15(19)21)11-14(20)10-17-6-8-22-9-7-17/h2-3,14,20H,4-12H2,1H3. The summed E-state index contributed by atoms with van der Waals surface area (Å²) in [6.45, 7) is 7.86. The fourth-order valence-corrected chi connectivity index (χ4v) is 3.12. The van der Waals surface area contributed by atoms with E-state index in [0.29, 0.717) is 32.1 Å². The Bertz CT molecular complexity index is 527. The first kappa shape index (κ1) is 16.4. The number of aryl methyl sites for hydroxylation is 1. The summed E-state index contributed by atoms with van der Waals surface area (Å²) >= 11 is 0. The summed E-state index contributed by atoms with van der Waals surface area (Å²) in [6.07, 6.45) is -0.446. The maximum atomic E-state index is 12.3. The average Bonchev–Trinajstić information content (AvgIpc) is 2.94. The van der Waals surface area contributed by atoms with E-state index >= 15 is 0 Å². The van der Waals surface area contributed by atoms with Gasteiger partial charge in [-0.15, -0.1) is 0 Å². The summed E-state index contributed by atoms with van der Waals surface area (Å²) in [5, 5.41) is 10.3. The number of nitrogens with zero attached hydrogens (tertiary/aromatic N) is 3. The SMILES string of the molecule is Cc1ccc(N2CCN(CC(O)CN3CCOCC3)CC2=O)o1. The van der Waals surface area contributed by atoms with E-state index in [4.69, 9.17) is 9.15 Å². The van der Waals surface area contributed by atoms with Crippen LogP contribution in [0.25, 0.3) is 0 Å². The van der Waals surface area contributed by atoms with Crippen molar-refractivity contribution in [2.75, 3.05) is 63.9 Å². The number of piperazine rings is 1. The van der Waals surface area contributed by atoms with E-state index in [0.717, 1.165) is 38.6 Å². The summed E-state index contributed by atoms with van der Waals surface area (Å²) in [5.74, 6) is 1.43. The van der Waals surface area contributed by atoms with Crippen LogP contribution in [0.5, 0.6) is 0 Å². The Kier molecular flexibility index (Phi) is 5.32. The molecule has 7 nitrogen and oxygen atoms in total. The number of β-amino-alcohol motifs (C(OH)–C–C–N with tert-alkyl or cyclic N) is 1. The summed E-state index contributed by atoms with van der Waals surface area (Å²) in [7, 11) is 0. The van der Waals surface area contributed by atoms with Crippen LogP contribution < -0.4 is 4.90 Å². The lowest BCUT2D eigenvalue weighted by atomic mass is 10.2. The zero-order valence-electron chi connectivity index (χ0n) is 13.6. The van der Waals surface area contributed by atoms with Crippen LogP contribution in [0.15, 0.2) is 16.5 Å². The molecule has 1 N–H and O–H groups in total. The Hall–Kier alpha value is -1.41. The number of furan rings is 1. The molecule has 0 aliphatic carbocycles. The summed E-state index contributed by atoms with van der Waals surface area (Å²) in [6, 6.07) is 3.69. The molecule has 128 valence electrons. The summed E-state index contributed by atoms with van der Waals surface area (Å²) in [5.41, 5.74) is 0. The number of hydrogen-bond donors (Lipinski definition) is 1. The topological polar surface area (TPSA) is 69.4 Å². The highest BCUT2D eigenvalue weighted by Gasteiger charge is 2.28. The number of carbonyl (C=O) groups is 1. The average molecular weight is 323 g/mol. The lowest BCUT2D eigenvalue weighted by Gasteiger charge is -2.35.